The lowest BCUT2D eigenvalue weighted by Crippen LogP contribution is -2.39. The van der Waals surface area contributed by atoms with Crippen molar-refractivity contribution < 1.29 is 9.59 Å². The third-order valence-corrected chi connectivity index (χ3v) is 4.53. The summed E-state index contributed by atoms with van der Waals surface area (Å²) in [7, 11) is 0. The molecule has 2 aliphatic heterocycles. The van der Waals surface area contributed by atoms with Crippen LogP contribution >= 0.6 is 0 Å². The van der Waals surface area contributed by atoms with E-state index in [1.165, 1.54) is 0 Å². The van der Waals surface area contributed by atoms with Crippen LogP contribution in [0.25, 0.3) is 0 Å². The highest BCUT2D eigenvalue weighted by atomic mass is 16.2. The van der Waals surface area contributed by atoms with Gasteiger partial charge >= 0.3 is 0 Å². The third kappa shape index (κ3) is 2.85. The first-order chi connectivity index (χ1) is 8.61. The van der Waals surface area contributed by atoms with Crippen LogP contribution in [0.3, 0.4) is 0 Å². The monoisotopic (exact) mass is 252 g/mol. The van der Waals surface area contributed by atoms with Gasteiger partial charge in [-0.3, -0.25) is 9.59 Å². The highest BCUT2D eigenvalue weighted by molar-refractivity contribution is 5.76. The minimum absolute atomic E-state index is 0.197. The Hall–Kier alpha value is -1.06. The first-order valence-electron chi connectivity index (χ1n) is 7.15. The molecule has 2 saturated heterocycles. The molecule has 1 atom stereocenters. The molecule has 0 aromatic heterocycles. The molecule has 2 amide bonds. The van der Waals surface area contributed by atoms with E-state index in [1.807, 2.05) is 16.7 Å². The van der Waals surface area contributed by atoms with Gasteiger partial charge in [0.15, 0.2) is 0 Å². The van der Waals surface area contributed by atoms with Crippen molar-refractivity contribution in [2.24, 2.45) is 11.8 Å². The van der Waals surface area contributed by atoms with Gasteiger partial charge in [0.1, 0.15) is 0 Å². The van der Waals surface area contributed by atoms with E-state index in [2.05, 4.69) is 0 Å². The molecule has 4 heteroatoms. The van der Waals surface area contributed by atoms with Crippen LogP contribution in [0.2, 0.25) is 0 Å². The molecule has 0 aromatic rings. The summed E-state index contributed by atoms with van der Waals surface area (Å²) in [4.78, 5) is 26.9. The van der Waals surface area contributed by atoms with Gasteiger partial charge < -0.3 is 9.80 Å². The molecule has 2 heterocycles. The van der Waals surface area contributed by atoms with Crippen molar-refractivity contribution in [3.8, 4) is 0 Å². The summed E-state index contributed by atoms with van der Waals surface area (Å²) in [6.45, 7) is 7.26. The zero-order valence-electron chi connectivity index (χ0n) is 11.5. The molecule has 4 nitrogen and oxygen atoms in total. The number of likely N-dealkylation sites (tertiary alicyclic amines) is 2. The Morgan fingerprint density at radius 2 is 1.56 bits per heavy atom. The Labute approximate surface area is 109 Å². The Balaban J connectivity index is 1.81. The summed E-state index contributed by atoms with van der Waals surface area (Å²) in [6, 6.07) is 0. The van der Waals surface area contributed by atoms with Crippen molar-refractivity contribution >= 4 is 11.8 Å². The van der Waals surface area contributed by atoms with Crippen LogP contribution in [0.4, 0.5) is 0 Å². The van der Waals surface area contributed by atoms with E-state index in [0.29, 0.717) is 24.2 Å². The molecular weight excluding hydrogens is 228 g/mol. The van der Waals surface area contributed by atoms with E-state index in [1.54, 1.807) is 6.92 Å². The zero-order chi connectivity index (χ0) is 13.1. The maximum absolute atomic E-state index is 11.7. The van der Waals surface area contributed by atoms with E-state index in [0.717, 1.165) is 45.4 Å². The highest BCUT2D eigenvalue weighted by Crippen LogP contribution is 2.32. The van der Waals surface area contributed by atoms with Gasteiger partial charge in [-0.05, 0) is 31.1 Å². The van der Waals surface area contributed by atoms with E-state index < -0.39 is 0 Å². The van der Waals surface area contributed by atoms with Crippen LogP contribution in [0.5, 0.6) is 0 Å². The summed E-state index contributed by atoms with van der Waals surface area (Å²) in [5, 5.41) is 0. The fraction of sp³-hybridized carbons (Fsp3) is 0.857. The zero-order valence-corrected chi connectivity index (χ0v) is 11.5. The Bertz CT molecular complexity index is 322. The standard InChI is InChI=1S/C14H24N2O2/c1-3-14(18)16-9-6-13(10-16)12-4-7-15(8-5-12)11(2)17/h12-13H,3-10H2,1-2H3. The first kappa shape index (κ1) is 13.4. The number of piperidine rings is 1. The summed E-state index contributed by atoms with van der Waals surface area (Å²) in [5.41, 5.74) is 0. The highest BCUT2D eigenvalue weighted by Gasteiger charge is 2.33. The second-order valence-electron chi connectivity index (χ2n) is 5.59. The SMILES string of the molecule is CCC(=O)N1CCC(C2CCN(C(C)=O)CC2)C1. The number of hydrogen-bond donors (Lipinski definition) is 0. The summed E-state index contributed by atoms with van der Waals surface area (Å²) in [5.74, 6) is 1.85. The van der Waals surface area contributed by atoms with E-state index in [-0.39, 0.29) is 5.91 Å². The van der Waals surface area contributed by atoms with E-state index in [9.17, 15) is 9.59 Å². The van der Waals surface area contributed by atoms with Gasteiger partial charge in [0.2, 0.25) is 11.8 Å². The van der Waals surface area contributed by atoms with Crippen molar-refractivity contribution in [1.82, 2.24) is 9.80 Å². The molecule has 0 N–H and O–H groups in total. The fourth-order valence-corrected chi connectivity index (χ4v) is 3.31. The quantitative estimate of drug-likeness (QED) is 0.747. The largest absolute Gasteiger partial charge is 0.343 e. The van der Waals surface area contributed by atoms with E-state index >= 15 is 0 Å². The smallest absolute Gasteiger partial charge is 0.222 e. The predicted octanol–water partition coefficient (Wildman–Crippen LogP) is 1.50. The van der Waals surface area contributed by atoms with Crippen molar-refractivity contribution in [3.63, 3.8) is 0 Å². The van der Waals surface area contributed by atoms with Gasteiger partial charge in [-0.15, -0.1) is 0 Å². The average Bonchev–Trinajstić information content (AvgIpc) is 2.87. The van der Waals surface area contributed by atoms with Gasteiger partial charge in [0, 0.05) is 39.5 Å². The lowest BCUT2D eigenvalue weighted by atomic mass is 9.84. The molecule has 1 unspecified atom stereocenters. The number of amides is 2. The average molecular weight is 252 g/mol. The molecule has 2 fully saturated rings. The number of hydrogen-bond acceptors (Lipinski definition) is 2. The molecule has 18 heavy (non-hydrogen) atoms. The lowest BCUT2D eigenvalue weighted by Gasteiger charge is -2.34. The van der Waals surface area contributed by atoms with Crippen LogP contribution in [0.15, 0.2) is 0 Å². The molecule has 102 valence electrons. The first-order valence-corrected chi connectivity index (χ1v) is 7.15. The van der Waals surface area contributed by atoms with Gasteiger partial charge in [0.25, 0.3) is 0 Å². The number of carbonyl (C=O) groups excluding carboxylic acids is 2. The lowest BCUT2D eigenvalue weighted by molar-refractivity contribution is -0.130. The Morgan fingerprint density at radius 1 is 1.00 bits per heavy atom. The van der Waals surface area contributed by atoms with Crippen molar-refractivity contribution in [3.05, 3.63) is 0 Å². The summed E-state index contributed by atoms with van der Waals surface area (Å²) < 4.78 is 0. The predicted molar refractivity (Wildman–Crippen MR) is 70.0 cm³/mol. The van der Waals surface area contributed by atoms with Gasteiger partial charge in [0.05, 0.1) is 0 Å². The molecule has 2 aliphatic rings. The summed E-state index contributed by atoms with van der Waals surface area (Å²) in [6.07, 6.45) is 3.99. The number of carbonyl (C=O) groups is 2. The van der Waals surface area contributed by atoms with Gasteiger partial charge in [-0.25, -0.2) is 0 Å². The van der Waals surface area contributed by atoms with Gasteiger partial charge in [-0.2, -0.15) is 0 Å². The van der Waals surface area contributed by atoms with Crippen molar-refractivity contribution in [2.45, 2.75) is 39.5 Å². The maximum atomic E-state index is 11.7. The molecule has 0 saturated carbocycles. The minimum Gasteiger partial charge on any atom is -0.343 e. The van der Waals surface area contributed by atoms with Crippen molar-refractivity contribution in [2.75, 3.05) is 26.2 Å². The molecule has 0 bridgehead atoms. The molecule has 0 spiro atoms. The number of rotatable bonds is 2. The van der Waals surface area contributed by atoms with Crippen molar-refractivity contribution in [1.29, 1.82) is 0 Å². The normalized spacial score (nSPS) is 25.6. The Morgan fingerprint density at radius 3 is 2.11 bits per heavy atom. The fourth-order valence-electron chi connectivity index (χ4n) is 3.31. The van der Waals surface area contributed by atoms with Gasteiger partial charge in [-0.1, -0.05) is 6.92 Å². The summed E-state index contributed by atoms with van der Waals surface area (Å²) >= 11 is 0. The van der Waals surface area contributed by atoms with E-state index in [4.69, 9.17) is 0 Å². The van der Waals surface area contributed by atoms with Crippen LogP contribution in [0, 0.1) is 11.8 Å². The number of nitrogens with zero attached hydrogens (tertiary/aromatic N) is 2. The van der Waals surface area contributed by atoms with Crippen LogP contribution in [-0.4, -0.2) is 47.8 Å². The van der Waals surface area contributed by atoms with Crippen LogP contribution in [0.1, 0.15) is 39.5 Å². The van der Waals surface area contributed by atoms with Crippen LogP contribution in [-0.2, 0) is 9.59 Å². The molecular formula is C14H24N2O2. The second kappa shape index (κ2) is 5.72. The molecule has 0 radical (unpaired) electrons. The van der Waals surface area contributed by atoms with Crippen LogP contribution < -0.4 is 0 Å². The minimum atomic E-state index is 0.197. The Kier molecular flexibility index (Phi) is 4.25. The maximum Gasteiger partial charge on any atom is 0.222 e. The molecule has 0 aromatic carbocycles. The third-order valence-electron chi connectivity index (χ3n) is 4.53. The molecule has 0 aliphatic carbocycles. The second-order valence-corrected chi connectivity index (χ2v) is 5.59. The topological polar surface area (TPSA) is 40.6 Å². The molecule has 2 rings (SSSR count).